The van der Waals surface area contributed by atoms with E-state index in [9.17, 15) is 18.0 Å². The van der Waals surface area contributed by atoms with Gasteiger partial charge in [-0.05, 0) is 46.2 Å². The molecular weight excluding hydrogens is 322 g/mol. The average Bonchev–Trinajstić information content (AvgIpc) is 2.72. The van der Waals surface area contributed by atoms with Crippen molar-refractivity contribution < 1.29 is 22.7 Å². The number of carbonyl (C=O) groups excluding carboxylic acids is 2. The minimum Gasteiger partial charge on any atom is -0.367 e. The van der Waals surface area contributed by atoms with Gasteiger partial charge in [-0.1, -0.05) is 0 Å². The van der Waals surface area contributed by atoms with E-state index < -0.39 is 33.5 Å². The second-order valence-electron chi connectivity index (χ2n) is 6.28. The molecule has 2 saturated heterocycles. The monoisotopic (exact) mass is 347 g/mol. The molecule has 0 spiro atoms. The van der Waals surface area contributed by atoms with Gasteiger partial charge in [0.15, 0.2) is 0 Å². The number of carbonyl (C=O) groups is 2. The molecule has 2 fully saturated rings. The number of sulfonamides is 1. The third kappa shape index (κ3) is 3.67. The minimum absolute atomic E-state index is 0.113. The SMILES string of the molecule is CCS(=O)(=O)N(C(=O)C1C[C@@](C)(C(N)=O)O1)C1CCCNCC1. The molecule has 2 aliphatic heterocycles. The van der Waals surface area contributed by atoms with E-state index in [0.29, 0.717) is 19.4 Å². The van der Waals surface area contributed by atoms with E-state index in [0.717, 1.165) is 17.3 Å². The molecule has 8 nitrogen and oxygen atoms in total. The molecule has 0 aromatic heterocycles. The van der Waals surface area contributed by atoms with Gasteiger partial charge in [0.25, 0.3) is 5.91 Å². The zero-order valence-corrected chi connectivity index (χ0v) is 14.4. The summed E-state index contributed by atoms with van der Waals surface area (Å²) in [7, 11) is -3.69. The molecule has 0 aromatic rings. The van der Waals surface area contributed by atoms with Crippen LogP contribution in [0.1, 0.15) is 39.5 Å². The van der Waals surface area contributed by atoms with Crippen molar-refractivity contribution in [2.24, 2.45) is 5.73 Å². The van der Waals surface area contributed by atoms with Crippen LogP contribution < -0.4 is 11.1 Å². The van der Waals surface area contributed by atoms with Gasteiger partial charge in [0.1, 0.15) is 11.7 Å². The van der Waals surface area contributed by atoms with Crippen LogP contribution in [0.3, 0.4) is 0 Å². The van der Waals surface area contributed by atoms with Gasteiger partial charge in [0.05, 0.1) is 5.75 Å². The molecule has 3 atom stereocenters. The number of nitrogens with one attached hydrogen (secondary N) is 1. The van der Waals surface area contributed by atoms with Gasteiger partial charge in [-0.25, -0.2) is 12.7 Å². The Kier molecular flexibility index (Phi) is 5.32. The van der Waals surface area contributed by atoms with Crippen LogP contribution in [0.5, 0.6) is 0 Å². The zero-order chi connectivity index (χ0) is 17.3. The highest BCUT2D eigenvalue weighted by Gasteiger charge is 2.52. The van der Waals surface area contributed by atoms with E-state index in [4.69, 9.17) is 10.5 Å². The molecule has 0 bridgehead atoms. The summed E-state index contributed by atoms with van der Waals surface area (Å²) in [5, 5.41) is 3.20. The second kappa shape index (κ2) is 6.74. The summed E-state index contributed by atoms with van der Waals surface area (Å²) in [4.78, 5) is 24.0. The van der Waals surface area contributed by atoms with Gasteiger partial charge in [-0.15, -0.1) is 0 Å². The summed E-state index contributed by atoms with van der Waals surface area (Å²) in [6, 6.07) is -0.369. The number of ether oxygens (including phenoxy) is 1. The molecule has 0 aliphatic carbocycles. The fourth-order valence-corrected chi connectivity index (χ4v) is 4.35. The largest absolute Gasteiger partial charge is 0.367 e. The van der Waals surface area contributed by atoms with Crippen LogP contribution in [0.25, 0.3) is 0 Å². The summed E-state index contributed by atoms with van der Waals surface area (Å²) in [5.74, 6) is -1.38. The maximum absolute atomic E-state index is 12.7. The van der Waals surface area contributed by atoms with Gasteiger partial charge >= 0.3 is 0 Å². The summed E-state index contributed by atoms with van der Waals surface area (Å²) in [5.41, 5.74) is 4.04. The normalized spacial score (nSPS) is 31.7. The average molecular weight is 347 g/mol. The predicted molar refractivity (Wildman–Crippen MR) is 83.9 cm³/mol. The van der Waals surface area contributed by atoms with E-state index in [-0.39, 0.29) is 18.2 Å². The predicted octanol–water partition coefficient (Wildman–Crippen LogP) is -0.660. The lowest BCUT2D eigenvalue weighted by Crippen LogP contribution is -2.63. The van der Waals surface area contributed by atoms with Gasteiger partial charge in [0.2, 0.25) is 15.9 Å². The van der Waals surface area contributed by atoms with Gasteiger partial charge in [-0.2, -0.15) is 0 Å². The highest BCUT2D eigenvalue weighted by atomic mass is 32.2. The van der Waals surface area contributed by atoms with Crippen molar-refractivity contribution in [3.8, 4) is 0 Å². The Bertz CT molecular complexity index is 563. The Morgan fingerprint density at radius 1 is 1.35 bits per heavy atom. The van der Waals surface area contributed by atoms with Crippen molar-refractivity contribution in [1.29, 1.82) is 0 Å². The van der Waals surface area contributed by atoms with Gasteiger partial charge in [0, 0.05) is 12.5 Å². The van der Waals surface area contributed by atoms with Crippen LogP contribution in [-0.4, -0.2) is 61.1 Å². The Morgan fingerprint density at radius 2 is 2.00 bits per heavy atom. The Hall–Kier alpha value is -1.19. The maximum Gasteiger partial charge on any atom is 0.265 e. The van der Waals surface area contributed by atoms with E-state index >= 15 is 0 Å². The topological polar surface area (TPSA) is 119 Å². The Labute approximate surface area is 136 Å². The van der Waals surface area contributed by atoms with Gasteiger partial charge in [-0.3, -0.25) is 9.59 Å². The van der Waals surface area contributed by atoms with Crippen molar-refractivity contribution in [3.63, 3.8) is 0 Å². The molecule has 23 heavy (non-hydrogen) atoms. The smallest absolute Gasteiger partial charge is 0.265 e. The minimum atomic E-state index is -3.69. The second-order valence-corrected chi connectivity index (χ2v) is 8.41. The molecular formula is C14H25N3O5S. The fraction of sp³-hybridized carbons (Fsp3) is 0.857. The zero-order valence-electron chi connectivity index (χ0n) is 13.6. The van der Waals surface area contributed by atoms with Gasteiger partial charge < -0.3 is 15.8 Å². The summed E-state index contributed by atoms with van der Waals surface area (Å²) in [6.07, 6.45) is 1.19. The van der Waals surface area contributed by atoms with Crippen molar-refractivity contribution in [2.75, 3.05) is 18.8 Å². The molecule has 2 aliphatic rings. The quantitative estimate of drug-likeness (QED) is 0.681. The lowest BCUT2D eigenvalue weighted by molar-refractivity contribution is -0.205. The molecule has 0 saturated carbocycles. The van der Waals surface area contributed by atoms with Crippen molar-refractivity contribution >= 4 is 21.8 Å². The lowest BCUT2D eigenvalue weighted by Gasteiger charge is -2.44. The van der Waals surface area contributed by atoms with E-state index in [1.807, 2.05) is 0 Å². The third-order valence-corrected chi connectivity index (χ3v) is 6.34. The third-order valence-electron chi connectivity index (χ3n) is 4.53. The van der Waals surface area contributed by atoms with E-state index in [1.54, 1.807) is 0 Å². The number of amides is 2. The first kappa shape index (κ1) is 18.2. The van der Waals surface area contributed by atoms with Crippen LogP contribution in [0, 0.1) is 0 Å². The fourth-order valence-electron chi connectivity index (χ4n) is 3.01. The van der Waals surface area contributed by atoms with E-state index in [1.165, 1.54) is 13.8 Å². The molecule has 2 unspecified atom stereocenters. The number of hydrogen-bond donors (Lipinski definition) is 2. The molecule has 3 N–H and O–H groups in total. The molecule has 2 rings (SSSR count). The first-order chi connectivity index (χ1) is 10.7. The lowest BCUT2D eigenvalue weighted by atomic mass is 9.89. The molecule has 2 amide bonds. The standard InChI is InChI=1S/C14H25N3O5S/c1-3-23(20,21)17(10-5-4-7-16-8-6-10)12(18)11-9-14(2,22-11)13(15)19/h10-11,16H,3-9H2,1-2H3,(H2,15,19)/t10?,11?,14-/m0/s1. The Morgan fingerprint density at radius 3 is 2.57 bits per heavy atom. The summed E-state index contributed by atoms with van der Waals surface area (Å²) in [6.45, 7) is 4.50. The maximum atomic E-state index is 12.7. The number of rotatable bonds is 5. The van der Waals surface area contributed by atoms with Crippen LogP contribution >= 0.6 is 0 Å². The highest BCUT2D eigenvalue weighted by Crippen LogP contribution is 2.34. The van der Waals surface area contributed by atoms with Crippen LogP contribution in [0.15, 0.2) is 0 Å². The first-order valence-corrected chi connectivity index (χ1v) is 9.56. The number of nitrogens with zero attached hydrogens (tertiary/aromatic N) is 1. The van der Waals surface area contributed by atoms with Crippen LogP contribution in [0.4, 0.5) is 0 Å². The summed E-state index contributed by atoms with van der Waals surface area (Å²) >= 11 is 0. The number of nitrogens with two attached hydrogens (primary N) is 1. The molecule has 0 radical (unpaired) electrons. The molecule has 2 heterocycles. The molecule has 0 aromatic carbocycles. The van der Waals surface area contributed by atoms with E-state index in [2.05, 4.69) is 5.32 Å². The first-order valence-electron chi connectivity index (χ1n) is 7.95. The summed E-state index contributed by atoms with van der Waals surface area (Å²) < 4.78 is 31.2. The van der Waals surface area contributed by atoms with Crippen molar-refractivity contribution in [2.45, 2.75) is 57.3 Å². The number of primary amides is 1. The van der Waals surface area contributed by atoms with Crippen molar-refractivity contribution in [1.82, 2.24) is 9.62 Å². The van der Waals surface area contributed by atoms with Crippen molar-refractivity contribution in [3.05, 3.63) is 0 Å². The van der Waals surface area contributed by atoms with Crippen LogP contribution in [0.2, 0.25) is 0 Å². The molecule has 9 heteroatoms. The highest BCUT2D eigenvalue weighted by molar-refractivity contribution is 7.89. The number of hydrogen-bond acceptors (Lipinski definition) is 6. The van der Waals surface area contributed by atoms with Crippen LogP contribution in [-0.2, 0) is 24.3 Å². The molecule has 132 valence electrons. The Balaban J connectivity index is 2.18.